The summed E-state index contributed by atoms with van der Waals surface area (Å²) in [4.78, 5) is 10.8. The number of hydrogen-bond acceptors (Lipinski definition) is 4. The van der Waals surface area contributed by atoms with Crippen LogP contribution in [0.1, 0.15) is 29.8 Å². The van der Waals surface area contributed by atoms with Crippen molar-refractivity contribution in [3.05, 3.63) is 35.4 Å². The lowest BCUT2D eigenvalue weighted by Gasteiger charge is -2.19. The average molecular weight is 301 g/mol. The van der Waals surface area contributed by atoms with Crippen LogP contribution in [0.15, 0.2) is 24.3 Å². The van der Waals surface area contributed by atoms with Gasteiger partial charge in [-0.15, -0.1) is 0 Å². The highest BCUT2D eigenvalue weighted by Crippen LogP contribution is 2.10. The highest BCUT2D eigenvalue weighted by Gasteiger charge is 2.20. The molecule has 1 atom stereocenters. The summed E-state index contributed by atoms with van der Waals surface area (Å²) in [7, 11) is -3.64. The van der Waals surface area contributed by atoms with Crippen LogP contribution >= 0.6 is 0 Å². The van der Waals surface area contributed by atoms with Crippen molar-refractivity contribution in [2.24, 2.45) is 5.92 Å². The molecule has 112 valence electrons. The van der Waals surface area contributed by atoms with Gasteiger partial charge in [-0.25, -0.2) is 17.9 Å². The number of aliphatic hydroxyl groups excluding tert-OH is 1. The SMILES string of the molecule is CC(C)[C@@H](CO)NS(=O)(=O)Cc1cccc(C(=O)O)c1. The van der Waals surface area contributed by atoms with E-state index >= 15 is 0 Å². The van der Waals surface area contributed by atoms with Crippen LogP contribution in [0.25, 0.3) is 0 Å². The van der Waals surface area contributed by atoms with Gasteiger partial charge in [-0.1, -0.05) is 26.0 Å². The molecule has 0 aromatic heterocycles. The maximum absolute atomic E-state index is 12.0. The zero-order valence-electron chi connectivity index (χ0n) is 11.4. The fourth-order valence-electron chi connectivity index (χ4n) is 1.67. The molecule has 0 bridgehead atoms. The third-order valence-electron chi connectivity index (χ3n) is 2.86. The molecular weight excluding hydrogens is 282 g/mol. The highest BCUT2D eigenvalue weighted by molar-refractivity contribution is 7.88. The van der Waals surface area contributed by atoms with E-state index in [0.717, 1.165) is 0 Å². The standard InChI is InChI=1S/C13H19NO5S/c1-9(2)12(7-15)14-20(18,19)8-10-4-3-5-11(6-10)13(16)17/h3-6,9,12,14-15H,7-8H2,1-2H3,(H,16,17)/t12-/m1/s1. The molecule has 0 heterocycles. The predicted molar refractivity (Wildman–Crippen MR) is 74.9 cm³/mol. The predicted octanol–water partition coefficient (Wildman–Crippen LogP) is 0.821. The number of aliphatic hydroxyl groups is 1. The first-order valence-electron chi connectivity index (χ1n) is 6.18. The van der Waals surface area contributed by atoms with E-state index in [0.29, 0.717) is 5.56 Å². The molecule has 7 heteroatoms. The number of carboxylic acids is 1. The molecule has 0 aliphatic rings. The van der Waals surface area contributed by atoms with Crippen molar-refractivity contribution in [2.45, 2.75) is 25.6 Å². The fourth-order valence-corrected chi connectivity index (χ4v) is 3.18. The Morgan fingerprint density at radius 3 is 2.50 bits per heavy atom. The van der Waals surface area contributed by atoms with E-state index in [1.165, 1.54) is 18.2 Å². The second-order valence-corrected chi connectivity index (χ2v) is 6.67. The van der Waals surface area contributed by atoms with Crippen molar-refractivity contribution in [1.82, 2.24) is 4.72 Å². The third kappa shape index (κ3) is 4.92. The molecule has 3 N–H and O–H groups in total. The van der Waals surface area contributed by atoms with Crippen molar-refractivity contribution in [1.29, 1.82) is 0 Å². The number of rotatable bonds is 7. The zero-order chi connectivity index (χ0) is 15.3. The molecule has 1 aromatic carbocycles. The van der Waals surface area contributed by atoms with E-state index in [1.54, 1.807) is 19.9 Å². The summed E-state index contributed by atoms with van der Waals surface area (Å²) in [5.74, 6) is -1.47. The number of aromatic carboxylic acids is 1. The smallest absolute Gasteiger partial charge is 0.335 e. The normalized spacial score (nSPS) is 13.4. The topological polar surface area (TPSA) is 104 Å². The molecule has 0 aliphatic heterocycles. The van der Waals surface area contributed by atoms with Gasteiger partial charge in [0, 0.05) is 6.04 Å². The molecule has 0 radical (unpaired) electrons. The minimum Gasteiger partial charge on any atom is -0.478 e. The molecule has 20 heavy (non-hydrogen) atoms. The third-order valence-corrected chi connectivity index (χ3v) is 4.24. The van der Waals surface area contributed by atoms with Crippen LogP contribution in [0.4, 0.5) is 0 Å². The van der Waals surface area contributed by atoms with E-state index in [2.05, 4.69) is 4.72 Å². The van der Waals surface area contributed by atoms with Crippen molar-refractivity contribution < 1.29 is 23.4 Å². The Hall–Kier alpha value is -1.44. The summed E-state index contributed by atoms with van der Waals surface area (Å²) >= 11 is 0. The van der Waals surface area contributed by atoms with Gasteiger partial charge in [0.25, 0.3) is 0 Å². The molecule has 1 aromatic rings. The Labute approximate surface area is 118 Å². The minimum absolute atomic E-state index is 0.0415. The van der Waals surface area contributed by atoms with Crippen molar-refractivity contribution in [3.8, 4) is 0 Å². The van der Waals surface area contributed by atoms with E-state index in [4.69, 9.17) is 10.2 Å². The number of sulfonamides is 1. The van der Waals surface area contributed by atoms with Crippen molar-refractivity contribution in [3.63, 3.8) is 0 Å². The average Bonchev–Trinajstić information content (AvgIpc) is 2.35. The molecule has 0 aliphatic carbocycles. The van der Waals surface area contributed by atoms with E-state index < -0.39 is 22.0 Å². The van der Waals surface area contributed by atoms with Gasteiger partial charge < -0.3 is 10.2 Å². The van der Waals surface area contributed by atoms with Crippen LogP contribution in [-0.2, 0) is 15.8 Å². The molecule has 0 spiro atoms. The number of carbonyl (C=O) groups is 1. The molecule has 1 rings (SSSR count). The summed E-state index contributed by atoms with van der Waals surface area (Å²) in [6.07, 6.45) is 0. The fraction of sp³-hybridized carbons (Fsp3) is 0.462. The summed E-state index contributed by atoms with van der Waals surface area (Å²) in [5, 5.41) is 18.0. The summed E-state index contributed by atoms with van der Waals surface area (Å²) in [6.45, 7) is 3.31. The lowest BCUT2D eigenvalue weighted by molar-refractivity contribution is 0.0696. The highest BCUT2D eigenvalue weighted by atomic mass is 32.2. The maximum Gasteiger partial charge on any atom is 0.335 e. The first-order valence-corrected chi connectivity index (χ1v) is 7.83. The molecule has 0 unspecified atom stereocenters. The second kappa shape index (κ2) is 6.83. The van der Waals surface area contributed by atoms with E-state index in [9.17, 15) is 13.2 Å². The van der Waals surface area contributed by atoms with Gasteiger partial charge >= 0.3 is 5.97 Å². The van der Waals surface area contributed by atoms with Crippen molar-refractivity contribution in [2.75, 3.05) is 6.61 Å². The van der Waals surface area contributed by atoms with Crippen LogP contribution < -0.4 is 4.72 Å². The summed E-state index contributed by atoms with van der Waals surface area (Å²) in [6, 6.07) is 5.22. The number of benzene rings is 1. The summed E-state index contributed by atoms with van der Waals surface area (Å²) in [5.41, 5.74) is 0.429. The van der Waals surface area contributed by atoms with E-state index in [1.807, 2.05) is 0 Å². The Bertz CT molecular complexity index is 568. The van der Waals surface area contributed by atoms with Crippen LogP contribution in [0.3, 0.4) is 0 Å². The van der Waals surface area contributed by atoms with Crippen molar-refractivity contribution >= 4 is 16.0 Å². The Balaban J connectivity index is 2.86. The van der Waals surface area contributed by atoms with Gasteiger partial charge in [0.1, 0.15) is 0 Å². The van der Waals surface area contributed by atoms with Crippen LogP contribution in [0.5, 0.6) is 0 Å². The van der Waals surface area contributed by atoms with Crippen LogP contribution in [0.2, 0.25) is 0 Å². The van der Waals surface area contributed by atoms with Gasteiger partial charge in [-0.3, -0.25) is 0 Å². The van der Waals surface area contributed by atoms with Crippen LogP contribution in [0, 0.1) is 5.92 Å². The Morgan fingerprint density at radius 1 is 1.35 bits per heavy atom. The van der Waals surface area contributed by atoms with Gasteiger partial charge in [-0.2, -0.15) is 0 Å². The second-order valence-electron chi connectivity index (χ2n) is 4.92. The Kier molecular flexibility index (Phi) is 5.67. The quantitative estimate of drug-likeness (QED) is 0.692. The van der Waals surface area contributed by atoms with Gasteiger partial charge in [0.2, 0.25) is 10.0 Å². The number of nitrogens with one attached hydrogen (secondary N) is 1. The molecule has 6 nitrogen and oxygen atoms in total. The number of carboxylic acid groups (broad SMARTS) is 1. The summed E-state index contributed by atoms with van der Waals surface area (Å²) < 4.78 is 26.4. The monoisotopic (exact) mass is 301 g/mol. The van der Waals surface area contributed by atoms with Gasteiger partial charge in [0.15, 0.2) is 0 Å². The lowest BCUT2D eigenvalue weighted by Crippen LogP contribution is -2.41. The Morgan fingerprint density at radius 2 is 2.00 bits per heavy atom. The molecule has 0 fully saturated rings. The van der Waals surface area contributed by atoms with Gasteiger partial charge in [-0.05, 0) is 23.6 Å². The minimum atomic E-state index is -3.64. The maximum atomic E-state index is 12.0. The van der Waals surface area contributed by atoms with Crippen LogP contribution in [-0.4, -0.2) is 37.2 Å². The van der Waals surface area contributed by atoms with Gasteiger partial charge in [0.05, 0.1) is 17.9 Å². The molecular formula is C13H19NO5S. The molecule has 0 amide bonds. The lowest BCUT2D eigenvalue weighted by atomic mass is 10.1. The zero-order valence-corrected chi connectivity index (χ0v) is 12.2. The molecule has 0 saturated heterocycles. The first kappa shape index (κ1) is 16.6. The largest absolute Gasteiger partial charge is 0.478 e. The number of hydrogen-bond donors (Lipinski definition) is 3. The molecule has 0 saturated carbocycles. The first-order chi connectivity index (χ1) is 9.25. The van der Waals surface area contributed by atoms with E-state index in [-0.39, 0.29) is 23.8 Å².